The predicted molar refractivity (Wildman–Crippen MR) is 117 cm³/mol. The molecule has 1 amide bonds. The summed E-state index contributed by atoms with van der Waals surface area (Å²) in [5.41, 5.74) is 2.08. The minimum absolute atomic E-state index is 0.0559. The van der Waals surface area contributed by atoms with Crippen LogP contribution in [0.5, 0.6) is 0 Å². The summed E-state index contributed by atoms with van der Waals surface area (Å²) in [5.74, 6) is 0.820. The highest BCUT2D eigenvalue weighted by Gasteiger charge is 2.36. The van der Waals surface area contributed by atoms with Gasteiger partial charge in [-0.25, -0.2) is 0 Å². The molecule has 1 saturated carbocycles. The van der Waals surface area contributed by atoms with Gasteiger partial charge in [-0.2, -0.15) is 0 Å². The lowest BCUT2D eigenvalue weighted by atomic mass is 9.97. The van der Waals surface area contributed by atoms with Crippen LogP contribution in [0.15, 0.2) is 24.3 Å². The number of carbonyl (C=O) groups is 1. The minimum atomic E-state index is 0.0559. The molecule has 1 heterocycles. The number of amides is 1. The second-order valence-corrected chi connectivity index (χ2v) is 9.29. The zero-order valence-electron chi connectivity index (χ0n) is 18.1. The van der Waals surface area contributed by atoms with Crippen LogP contribution in [0.3, 0.4) is 0 Å². The highest BCUT2D eigenvalue weighted by atomic mass is 16.2. The van der Waals surface area contributed by atoms with E-state index in [9.17, 15) is 4.79 Å². The summed E-state index contributed by atoms with van der Waals surface area (Å²) in [5, 5.41) is 3.94. The second kappa shape index (κ2) is 11.0. The quantitative estimate of drug-likeness (QED) is 0.632. The number of nitrogens with zero attached hydrogens (tertiary/aromatic N) is 1. The van der Waals surface area contributed by atoms with Gasteiger partial charge in [-0.3, -0.25) is 10.1 Å². The standard InChI is InChI=1S/C25H40N2O/c1-20(2)18-19-27-24(22-16-12-13-17-23(22)25(27)28)26-21-14-10-8-6-4-3-5-7-9-11-15-21/h12-13,16-17,20-21,24,26H,3-11,14-15,18-19H2,1-2H3/t24-/m1/s1. The fourth-order valence-electron chi connectivity index (χ4n) is 4.73. The Morgan fingerprint density at radius 3 is 2.11 bits per heavy atom. The molecule has 0 spiro atoms. The smallest absolute Gasteiger partial charge is 0.255 e. The van der Waals surface area contributed by atoms with Crippen molar-refractivity contribution in [1.29, 1.82) is 0 Å². The maximum atomic E-state index is 13.1. The van der Waals surface area contributed by atoms with Crippen molar-refractivity contribution in [2.75, 3.05) is 6.54 Å². The number of fused-ring (bicyclic) bond motifs is 1. The van der Waals surface area contributed by atoms with Crippen molar-refractivity contribution in [3.05, 3.63) is 35.4 Å². The lowest BCUT2D eigenvalue weighted by Crippen LogP contribution is -2.42. The van der Waals surface area contributed by atoms with Crippen LogP contribution in [0.4, 0.5) is 0 Å². The van der Waals surface area contributed by atoms with Crippen molar-refractivity contribution in [2.45, 2.75) is 103 Å². The Balaban J connectivity index is 1.70. The first kappa shape index (κ1) is 21.4. The van der Waals surface area contributed by atoms with Crippen molar-refractivity contribution in [1.82, 2.24) is 10.2 Å². The highest BCUT2D eigenvalue weighted by Crippen LogP contribution is 2.33. The molecular formula is C25H40N2O. The summed E-state index contributed by atoms with van der Waals surface area (Å²) < 4.78 is 0. The minimum Gasteiger partial charge on any atom is -0.319 e. The molecule has 0 saturated heterocycles. The lowest BCUT2D eigenvalue weighted by Gasteiger charge is -2.31. The van der Waals surface area contributed by atoms with Gasteiger partial charge in [0.15, 0.2) is 0 Å². The van der Waals surface area contributed by atoms with Gasteiger partial charge in [-0.1, -0.05) is 89.8 Å². The normalized spacial score (nSPS) is 22.8. The number of hydrogen-bond donors (Lipinski definition) is 1. The van der Waals surface area contributed by atoms with E-state index in [1.807, 2.05) is 12.1 Å². The van der Waals surface area contributed by atoms with Gasteiger partial charge in [0.2, 0.25) is 0 Å². The first-order valence-electron chi connectivity index (χ1n) is 11.8. The molecule has 3 rings (SSSR count). The Labute approximate surface area is 172 Å². The molecule has 28 heavy (non-hydrogen) atoms. The predicted octanol–water partition coefficient (Wildman–Crippen LogP) is 6.45. The molecule has 0 radical (unpaired) electrons. The molecule has 1 aliphatic heterocycles. The summed E-state index contributed by atoms with van der Waals surface area (Å²) in [7, 11) is 0. The molecule has 1 aliphatic carbocycles. The molecular weight excluding hydrogens is 344 g/mol. The zero-order chi connectivity index (χ0) is 19.8. The topological polar surface area (TPSA) is 32.3 Å². The van der Waals surface area contributed by atoms with Crippen LogP contribution in [-0.4, -0.2) is 23.4 Å². The fraction of sp³-hybridized carbons (Fsp3) is 0.720. The Kier molecular flexibility index (Phi) is 8.39. The summed E-state index contributed by atoms with van der Waals surface area (Å²) in [4.78, 5) is 15.2. The van der Waals surface area contributed by atoms with E-state index in [-0.39, 0.29) is 12.1 Å². The Morgan fingerprint density at radius 2 is 1.50 bits per heavy atom. The molecule has 3 nitrogen and oxygen atoms in total. The average molecular weight is 385 g/mol. The summed E-state index contributed by atoms with van der Waals surface area (Å²) in [6.45, 7) is 5.32. The Morgan fingerprint density at radius 1 is 0.929 bits per heavy atom. The molecule has 1 aromatic carbocycles. The molecule has 1 fully saturated rings. The van der Waals surface area contributed by atoms with Crippen LogP contribution in [0.1, 0.15) is 113 Å². The number of carbonyl (C=O) groups excluding carboxylic acids is 1. The second-order valence-electron chi connectivity index (χ2n) is 9.29. The number of benzene rings is 1. The van der Waals surface area contributed by atoms with Gasteiger partial charge in [-0.15, -0.1) is 0 Å². The molecule has 2 aliphatic rings. The first-order chi connectivity index (χ1) is 13.7. The van der Waals surface area contributed by atoms with E-state index in [1.165, 1.54) is 76.2 Å². The summed E-state index contributed by atoms with van der Waals surface area (Å²) in [6, 6.07) is 8.74. The molecule has 0 unspecified atom stereocenters. The summed E-state index contributed by atoms with van der Waals surface area (Å²) >= 11 is 0. The van der Waals surface area contributed by atoms with Crippen LogP contribution in [-0.2, 0) is 0 Å². The molecule has 0 aromatic heterocycles. The number of nitrogens with one attached hydrogen (secondary N) is 1. The van der Waals surface area contributed by atoms with Crippen molar-refractivity contribution < 1.29 is 4.79 Å². The zero-order valence-corrected chi connectivity index (χ0v) is 18.1. The molecule has 0 bridgehead atoms. The average Bonchev–Trinajstić information content (AvgIpc) is 2.94. The highest BCUT2D eigenvalue weighted by molar-refractivity contribution is 5.99. The summed E-state index contributed by atoms with van der Waals surface area (Å²) in [6.07, 6.45) is 15.9. The van der Waals surface area contributed by atoms with E-state index in [4.69, 9.17) is 0 Å². The van der Waals surface area contributed by atoms with Crippen molar-refractivity contribution in [3.63, 3.8) is 0 Å². The molecule has 1 atom stereocenters. The van der Waals surface area contributed by atoms with E-state index in [1.54, 1.807) is 0 Å². The monoisotopic (exact) mass is 384 g/mol. The van der Waals surface area contributed by atoms with Crippen LogP contribution >= 0.6 is 0 Å². The van der Waals surface area contributed by atoms with Crippen molar-refractivity contribution in [2.24, 2.45) is 5.92 Å². The van der Waals surface area contributed by atoms with Crippen molar-refractivity contribution >= 4 is 5.91 Å². The van der Waals surface area contributed by atoms with Crippen molar-refractivity contribution in [3.8, 4) is 0 Å². The number of rotatable bonds is 5. The first-order valence-corrected chi connectivity index (χ1v) is 11.8. The van der Waals surface area contributed by atoms with Crippen LogP contribution in [0.25, 0.3) is 0 Å². The molecule has 3 heteroatoms. The van der Waals surface area contributed by atoms with E-state index >= 15 is 0 Å². The maximum absolute atomic E-state index is 13.1. The van der Waals surface area contributed by atoms with Gasteiger partial charge in [0.25, 0.3) is 5.91 Å². The number of hydrogen-bond acceptors (Lipinski definition) is 2. The van der Waals surface area contributed by atoms with Gasteiger partial charge < -0.3 is 4.90 Å². The Bertz CT molecular complexity index is 600. The van der Waals surface area contributed by atoms with Gasteiger partial charge in [0.05, 0.1) is 0 Å². The van der Waals surface area contributed by atoms with Crippen LogP contribution < -0.4 is 5.32 Å². The van der Waals surface area contributed by atoms with Gasteiger partial charge >= 0.3 is 0 Å². The van der Waals surface area contributed by atoms with E-state index in [0.717, 1.165) is 18.5 Å². The van der Waals surface area contributed by atoms with Gasteiger partial charge in [0, 0.05) is 23.7 Å². The van der Waals surface area contributed by atoms with E-state index < -0.39 is 0 Å². The largest absolute Gasteiger partial charge is 0.319 e. The molecule has 1 N–H and O–H groups in total. The van der Waals surface area contributed by atoms with E-state index in [2.05, 4.69) is 36.2 Å². The van der Waals surface area contributed by atoms with Gasteiger partial charge in [-0.05, 0) is 31.2 Å². The SMILES string of the molecule is CC(C)CCN1C(=O)c2ccccc2[C@@H]1NC1CCCCCCCCCCC1. The third-order valence-electron chi connectivity index (χ3n) is 6.50. The fourth-order valence-corrected chi connectivity index (χ4v) is 4.73. The van der Waals surface area contributed by atoms with Crippen LogP contribution in [0.2, 0.25) is 0 Å². The Hall–Kier alpha value is -1.35. The van der Waals surface area contributed by atoms with E-state index in [0.29, 0.717) is 12.0 Å². The lowest BCUT2D eigenvalue weighted by molar-refractivity contribution is 0.0666. The molecule has 156 valence electrons. The molecule has 1 aromatic rings. The van der Waals surface area contributed by atoms with Crippen LogP contribution in [0, 0.1) is 5.92 Å². The third kappa shape index (κ3) is 5.83. The maximum Gasteiger partial charge on any atom is 0.255 e. The third-order valence-corrected chi connectivity index (χ3v) is 6.50. The van der Waals surface area contributed by atoms with Gasteiger partial charge in [0.1, 0.15) is 6.17 Å².